The monoisotopic (exact) mass is 840 g/mol. The molecule has 0 amide bonds. The molecule has 0 heterocycles. The number of azo groups is 2. The van der Waals surface area contributed by atoms with E-state index in [1.165, 1.54) is 60.7 Å². The van der Waals surface area contributed by atoms with Crippen LogP contribution in [0.15, 0.2) is 151 Å². The number of aryl methyl sites for hydroxylation is 2. The molecule has 2 atom stereocenters. The molecule has 4 aliphatic rings. The number of allylic oxidation sites excluding steroid dienone is 14. The predicted molar refractivity (Wildman–Crippen MR) is 210 cm³/mol. The van der Waals surface area contributed by atoms with Gasteiger partial charge in [-0.2, -0.15) is 0 Å². The predicted octanol–water partition coefficient (Wildman–Crippen LogP) is 6.00. The molecule has 0 aliphatic heterocycles. The van der Waals surface area contributed by atoms with Gasteiger partial charge in [0.2, 0.25) is 11.6 Å². The molecule has 0 radical (unpaired) electrons. The van der Waals surface area contributed by atoms with Crippen molar-refractivity contribution in [2.45, 2.75) is 26.7 Å². The summed E-state index contributed by atoms with van der Waals surface area (Å²) in [5, 5.41) is 38.4. The molecule has 288 valence electrons. The van der Waals surface area contributed by atoms with Crippen LogP contribution >= 0.6 is 0 Å². The molecule has 0 saturated carbocycles. The number of ketones is 2. The number of fused-ring (bicyclic) bond motifs is 2. The van der Waals surface area contributed by atoms with Crippen LogP contribution in [-0.2, 0) is 42.6 Å². The van der Waals surface area contributed by atoms with Crippen molar-refractivity contribution in [1.29, 1.82) is 0 Å². The first-order chi connectivity index (χ1) is 26.4. The minimum atomic E-state index is -4.40. The number of nitro groups is 2. The quantitative estimate of drug-likeness (QED) is 0.102. The summed E-state index contributed by atoms with van der Waals surface area (Å²) in [7, 11) is -8.81. The Bertz CT molecular complexity index is 2500. The minimum Gasteiger partial charge on any atom is -0.757 e. The second-order valence-electron chi connectivity index (χ2n) is 11.7. The molecule has 2 aromatic carbocycles. The van der Waals surface area contributed by atoms with Crippen LogP contribution in [0.4, 0.5) is 22.7 Å². The third kappa shape index (κ3) is 10.2. The Balaban J connectivity index is 0.000000248. The first-order valence-corrected chi connectivity index (χ1v) is 19.1. The molecule has 0 spiro atoms. The fourth-order valence-corrected chi connectivity index (χ4v) is 6.55. The summed E-state index contributed by atoms with van der Waals surface area (Å²) < 4.78 is 63.5. The summed E-state index contributed by atoms with van der Waals surface area (Å²) in [6, 6.07) is 9.05. The molecular formula is C36H28CaN6O12S2. The summed E-state index contributed by atoms with van der Waals surface area (Å²) in [6.07, 6.45) is 13.5. The number of hydrogen-bond acceptors (Lipinski definition) is 14. The van der Waals surface area contributed by atoms with E-state index in [4.69, 9.17) is 9.11 Å². The van der Waals surface area contributed by atoms with E-state index in [1.54, 1.807) is 24.3 Å². The normalized spacial score (nSPS) is 18.0. The van der Waals surface area contributed by atoms with Gasteiger partial charge in [0.1, 0.15) is 11.4 Å². The van der Waals surface area contributed by atoms with Gasteiger partial charge in [0.25, 0.3) is 11.4 Å². The van der Waals surface area contributed by atoms with Gasteiger partial charge >= 0.3 is 37.7 Å². The van der Waals surface area contributed by atoms with Gasteiger partial charge in [-0.25, -0.2) is 0 Å². The van der Waals surface area contributed by atoms with E-state index in [0.717, 1.165) is 12.2 Å². The van der Waals surface area contributed by atoms with E-state index in [9.17, 15) is 47.3 Å². The van der Waals surface area contributed by atoms with Crippen molar-refractivity contribution < 1.29 is 46.1 Å². The summed E-state index contributed by atoms with van der Waals surface area (Å²) in [5.41, 5.74) is 1.98. The molecule has 0 saturated heterocycles. The fraction of sp³-hybridized carbons (Fsp3) is 0.111. The Labute approximate surface area is 354 Å². The first-order valence-electron chi connectivity index (χ1n) is 16.2. The van der Waals surface area contributed by atoms with Gasteiger partial charge in [0, 0.05) is 53.2 Å². The van der Waals surface area contributed by atoms with Crippen molar-refractivity contribution in [3.8, 4) is 0 Å². The molecule has 6 rings (SSSR count). The Morgan fingerprint density at radius 2 is 0.965 bits per heavy atom. The summed E-state index contributed by atoms with van der Waals surface area (Å²) in [5.74, 6) is -0.958. The van der Waals surface area contributed by atoms with Gasteiger partial charge < -0.3 is 18.2 Å². The number of carbonyl (C=O) groups excluding carboxylic acids is 2. The second kappa shape index (κ2) is 18.4. The number of rotatable bonds is 8. The molecule has 2 N–H and O–H groups in total. The van der Waals surface area contributed by atoms with E-state index in [0.29, 0.717) is 46.3 Å². The maximum Gasteiger partial charge on any atom is 2.00 e. The third-order valence-electron chi connectivity index (χ3n) is 8.30. The number of carbonyl (C=O) groups is 2. The van der Waals surface area contributed by atoms with Crippen molar-refractivity contribution in [2.24, 2.45) is 20.5 Å². The van der Waals surface area contributed by atoms with Gasteiger partial charge in [0.15, 0.2) is 11.4 Å². The van der Waals surface area contributed by atoms with E-state index < -0.39 is 41.6 Å². The van der Waals surface area contributed by atoms with Gasteiger partial charge in [0.05, 0.1) is 9.85 Å². The first kappa shape index (κ1) is 44.6. The van der Waals surface area contributed by atoms with Crippen LogP contribution in [0.5, 0.6) is 0 Å². The number of hydrogen-bond donors (Lipinski definition) is 2. The van der Waals surface area contributed by atoms with Crippen LogP contribution in [0.1, 0.15) is 25.0 Å². The van der Waals surface area contributed by atoms with Crippen LogP contribution in [0.2, 0.25) is 0 Å². The average molecular weight is 841 g/mol. The van der Waals surface area contributed by atoms with E-state index in [1.807, 2.05) is 13.8 Å². The molecule has 0 aromatic heterocycles. The van der Waals surface area contributed by atoms with Crippen molar-refractivity contribution in [2.75, 3.05) is 0 Å². The van der Waals surface area contributed by atoms with E-state index in [2.05, 4.69) is 20.5 Å². The molecule has 0 fully saturated rings. The van der Waals surface area contributed by atoms with Gasteiger partial charge in [-0.15, -0.1) is 20.5 Å². The van der Waals surface area contributed by atoms with Gasteiger partial charge in [-0.1, -0.05) is 62.4 Å². The molecule has 21 heteroatoms. The SMILES string of the molecule is CCc1cccc([N+](=O)[O-])c1N=NC1=C2C=CC(=S(=O)([O-])O)C=C2C=CC1=O.CCc1cccc([N+](=O)[O-])c1N=NC1=C2C=CC(=S(=O)([O-])O)C=C2C=CC1=O.[Ca+2]. The second-order valence-corrected chi connectivity index (χ2v) is 14.6. The summed E-state index contributed by atoms with van der Waals surface area (Å²) >= 11 is 0. The molecule has 2 aromatic rings. The zero-order valence-electron chi connectivity index (χ0n) is 29.8. The van der Waals surface area contributed by atoms with Crippen LogP contribution < -0.4 is 0 Å². The smallest absolute Gasteiger partial charge is 0.757 e. The Hall–Kier alpha value is -5.16. The minimum absolute atomic E-state index is 0. The van der Waals surface area contributed by atoms with Crippen molar-refractivity contribution >= 4 is 102 Å². The molecule has 0 bridgehead atoms. The van der Waals surface area contributed by atoms with Crippen molar-refractivity contribution in [1.82, 2.24) is 0 Å². The molecular weight excluding hydrogens is 813 g/mol. The Morgan fingerprint density at radius 1 is 0.596 bits per heavy atom. The standard InChI is InChI=1S/2C18H15N3O6S.Ca/c2*1-2-11-4-3-5-15(21(23)24)17(11)19-20-18-14-8-7-13(28(25,26)27)10-12(14)6-9-16(18)22;/h2*3-10H,2H2,1H3,(H2,25,26,27);/q;;+2/p-2. The van der Waals surface area contributed by atoms with Crippen LogP contribution in [0.3, 0.4) is 0 Å². The van der Waals surface area contributed by atoms with Crippen molar-refractivity contribution in [3.05, 3.63) is 162 Å². The Morgan fingerprint density at radius 3 is 1.28 bits per heavy atom. The summed E-state index contributed by atoms with van der Waals surface area (Å²) in [4.78, 5) is 45.3. The zero-order chi connectivity index (χ0) is 40.9. The fourth-order valence-electron chi connectivity index (χ4n) is 5.52. The van der Waals surface area contributed by atoms with Gasteiger partial charge in [-0.3, -0.25) is 38.2 Å². The van der Waals surface area contributed by atoms with Crippen LogP contribution in [0.25, 0.3) is 0 Å². The number of nitrogens with zero attached hydrogens (tertiary/aromatic N) is 6. The third-order valence-corrected chi connectivity index (χ3v) is 10.00. The van der Waals surface area contributed by atoms with Crippen LogP contribution in [0, 0.1) is 20.2 Å². The largest absolute Gasteiger partial charge is 2.00 e. The summed E-state index contributed by atoms with van der Waals surface area (Å²) in [6.45, 7) is 3.62. The van der Waals surface area contributed by atoms with Gasteiger partial charge in [-0.05, 0) is 71.6 Å². The zero-order valence-corrected chi connectivity index (χ0v) is 33.7. The molecule has 18 nitrogen and oxygen atoms in total. The maximum atomic E-state index is 12.3. The molecule has 57 heavy (non-hydrogen) atoms. The topological polar surface area (TPSA) is 291 Å². The Kier molecular flexibility index (Phi) is 14.4. The van der Waals surface area contributed by atoms with Crippen molar-refractivity contribution in [3.63, 3.8) is 0 Å². The van der Waals surface area contributed by atoms with E-state index >= 15 is 0 Å². The molecule has 2 unspecified atom stereocenters. The molecule has 4 aliphatic carbocycles. The average Bonchev–Trinajstić information content (AvgIpc) is 3.15. The number of benzene rings is 2. The van der Waals surface area contributed by atoms with E-state index in [-0.39, 0.29) is 81.6 Å². The van der Waals surface area contributed by atoms with Crippen LogP contribution in [-0.4, -0.2) is 95.5 Å². The number of nitro benzene ring substituents is 2. The maximum absolute atomic E-state index is 12.3.